The molecule has 0 spiro atoms. The fraction of sp³-hybridized carbons (Fsp3) is 0.423. The zero-order valence-electron chi connectivity index (χ0n) is 20.1. The molecule has 0 aliphatic heterocycles. The van der Waals surface area contributed by atoms with E-state index in [1.165, 1.54) is 12.1 Å². The number of nitrogens with zero attached hydrogens (tertiary/aromatic N) is 1. The Labute approximate surface area is 199 Å². The van der Waals surface area contributed by atoms with Gasteiger partial charge in [-0.05, 0) is 62.4 Å². The van der Waals surface area contributed by atoms with Crippen molar-refractivity contribution < 1.29 is 32.2 Å². The molecule has 0 unspecified atom stereocenters. The summed E-state index contributed by atoms with van der Waals surface area (Å²) in [7, 11) is 1.09. The Bertz CT molecular complexity index is 931. The number of hydrogen-bond acceptors (Lipinski definition) is 5. The van der Waals surface area contributed by atoms with Gasteiger partial charge in [-0.3, -0.25) is 0 Å². The van der Waals surface area contributed by atoms with Crippen molar-refractivity contribution in [3.63, 3.8) is 0 Å². The predicted molar refractivity (Wildman–Crippen MR) is 127 cm³/mol. The molecule has 0 saturated heterocycles. The van der Waals surface area contributed by atoms with E-state index in [-0.39, 0.29) is 5.56 Å². The monoisotopic (exact) mass is 479 g/mol. The van der Waals surface area contributed by atoms with Crippen LogP contribution in [0.1, 0.15) is 35.6 Å². The van der Waals surface area contributed by atoms with Crippen LogP contribution in [0.25, 0.3) is 0 Å². The second kappa shape index (κ2) is 13.6. The van der Waals surface area contributed by atoms with Crippen LogP contribution in [-0.4, -0.2) is 45.4 Å². The van der Waals surface area contributed by atoms with Gasteiger partial charge in [0.15, 0.2) is 5.71 Å². The van der Waals surface area contributed by atoms with Crippen LogP contribution in [0, 0.1) is 13.8 Å². The molecule has 0 N–H and O–H groups in total. The van der Waals surface area contributed by atoms with E-state index in [2.05, 4.69) is 9.99 Å². The zero-order chi connectivity index (χ0) is 25.0. The summed E-state index contributed by atoms with van der Waals surface area (Å²) < 4.78 is 56.3. The molecule has 0 amide bonds. The molecule has 0 bridgehead atoms. The van der Waals surface area contributed by atoms with Gasteiger partial charge in [0.05, 0.1) is 6.61 Å². The van der Waals surface area contributed by atoms with Gasteiger partial charge in [0.1, 0.15) is 31.8 Å². The van der Waals surface area contributed by atoms with Crippen molar-refractivity contribution in [3.8, 4) is 11.5 Å². The highest BCUT2D eigenvalue weighted by Crippen LogP contribution is 2.28. The number of oxime groups is 1. The third-order valence-electron chi connectivity index (χ3n) is 4.92. The maximum Gasteiger partial charge on any atom is 0.437 e. The first kappa shape index (κ1) is 27.2. The number of allylic oxidation sites excluding steroid dienone is 1. The molecule has 34 heavy (non-hydrogen) atoms. The van der Waals surface area contributed by atoms with Gasteiger partial charge in [-0.2, -0.15) is 13.2 Å². The Hall–Kier alpha value is -3.00. The Morgan fingerprint density at radius 2 is 1.65 bits per heavy atom. The number of alkyl halides is 3. The van der Waals surface area contributed by atoms with Crippen molar-refractivity contribution in [2.24, 2.45) is 5.16 Å². The Balaban J connectivity index is 1.72. The molecule has 0 atom stereocenters. The zero-order valence-corrected chi connectivity index (χ0v) is 20.1. The number of hydrogen-bond donors (Lipinski definition) is 0. The topological polar surface area (TPSA) is 49.3 Å². The van der Waals surface area contributed by atoms with Crippen LogP contribution in [0.15, 0.2) is 53.7 Å². The van der Waals surface area contributed by atoms with E-state index >= 15 is 0 Å². The molecule has 0 heterocycles. The maximum absolute atomic E-state index is 13.0. The third kappa shape index (κ3) is 8.74. The molecule has 186 valence electrons. The molecule has 2 aromatic carbocycles. The minimum absolute atomic E-state index is 0.0329. The molecule has 0 aliphatic rings. The molecule has 0 aliphatic carbocycles. The average Bonchev–Trinajstić information content (AvgIpc) is 2.78. The Morgan fingerprint density at radius 3 is 2.24 bits per heavy atom. The number of aryl methyl sites for hydroxylation is 3. The first-order valence-corrected chi connectivity index (χ1v) is 11.1. The Morgan fingerprint density at radius 1 is 0.971 bits per heavy atom. The third-order valence-corrected chi connectivity index (χ3v) is 4.92. The van der Waals surface area contributed by atoms with E-state index in [0.29, 0.717) is 32.8 Å². The molecule has 0 saturated carbocycles. The molecule has 2 rings (SSSR count). The minimum Gasteiger partial charge on any atom is -0.491 e. The number of ether oxygens (including phenoxy) is 3. The van der Waals surface area contributed by atoms with Crippen LogP contribution in [0.5, 0.6) is 11.5 Å². The molecule has 0 radical (unpaired) electrons. The second-order valence-corrected chi connectivity index (χ2v) is 7.65. The second-order valence-electron chi connectivity index (χ2n) is 7.65. The maximum atomic E-state index is 13.0. The smallest absolute Gasteiger partial charge is 0.437 e. The molecule has 0 fully saturated rings. The normalized spacial score (nSPS) is 12.3. The summed E-state index contributed by atoms with van der Waals surface area (Å²) in [6.07, 6.45) is 0.750. The summed E-state index contributed by atoms with van der Waals surface area (Å²) in [6.45, 7) is 7.84. The summed E-state index contributed by atoms with van der Waals surface area (Å²) in [5, 5.41) is 3.10. The van der Waals surface area contributed by atoms with Crippen molar-refractivity contribution in [1.82, 2.24) is 0 Å². The largest absolute Gasteiger partial charge is 0.491 e. The van der Waals surface area contributed by atoms with Crippen LogP contribution in [0.2, 0.25) is 0 Å². The lowest BCUT2D eigenvalue weighted by Crippen LogP contribution is -2.24. The fourth-order valence-corrected chi connectivity index (χ4v) is 3.33. The van der Waals surface area contributed by atoms with Gasteiger partial charge in [0.2, 0.25) is 0 Å². The first-order valence-electron chi connectivity index (χ1n) is 11.1. The van der Waals surface area contributed by atoms with E-state index < -0.39 is 11.9 Å². The first-order chi connectivity index (χ1) is 16.3. The minimum atomic E-state index is -4.58. The van der Waals surface area contributed by atoms with Crippen LogP contribution in [0.3, 0.4) is 0 Å². The van der Waals surface area contributed by atoms with Gasteiger partial charge in [-0.1, -0.05) is 41.6 Å². The number of halogens is 3. The van der Waals surface area contributed by atoms with E-state index in [9.17, 15) is 13.2 Å². The van der Waals surface area contributed by atoms with E-state index in [4.69, 9.17) is 14.2 Å². The van der Waals surface area contributed by atoms with Crippen molar-refractivity contribution >= 4 is 5.71 Å². The van der Waals surface area contributed by atoms with Gasteiger partial charge in [-0.15, -0.1) is 0 Å². The lowest BCUT2D eigenvalue weighted by Gasteiger charge is -2.14. The van der Waals surface area contributed by atoms with Crippen LogP contribution in [-0.2, 0) is 16.0 Å². The number of benzene rings is 2. The van der Waals surface area contributed by atoms with Crippen molar-refractivity contribution in [1.29, 1.82) is 0 Å². The average molecular weight is 480 g/mol. The highest BCUT2D eigenvalue weighted by molar-refractivity contribution is 6.04. The molecular formula is C26H32F3NO4. The van der Waals surface area contributed by atoms with Crippen LogP contribution in [0.4, 0.5) is 13.2 Å². The van der Waals surface area contributed by atoms with Crippen molar-refractivity contribution in [2.45, 2.75) is 39.8 Å². The molecule has 2 aromatic rings. The molecule has 8 heteroatoms. The van der Waals surface area contributed by atoms with E-state index in [1.54, 1.807) is 12.1 Å². The molecule has 0 aromatic heterocycles. The summed E-state index contributed by atoms with van der Waals surface area (Å²) in [6, 6.07) is 10.0. The van der Waals surface area contributed by atoms with Gasteiger partial charge >= 0.3 is 6.18 Å². The van der Waals surface area contributed by atoms with E-state index in [0.717, 1.165) is 41.7 Å². The van der Waals surface area contributed by atoms with Crippen molar-refractivity contribution in [2.75, 3.05) is 33.5 Å². The highest BCUT2D eigenvalue weighted by atomic mass is 19.4. The van der Waals surface area contributed by atoms with Gasteiger partial charge in [-0.25, -0.2) is 0 Å². The van der Waals surface area contributed by atoms with Crippen LogP contribution < -0.4 is 9.47 Å². The SMILES string of the molecule is C/C=C/COc1cc(C)c(OCCOCCCc2ccc(/C(=N/OC)C(F)(F)F)cc2)c(C)c1. The fourth-order valence-electron chi connectivity index (χ4n) is 3.33. The highest BCUT2D eigenvalue weighted by Gasteiger charge is 2.37. The summed E-state index contributed by atoms with van der Waals surface area (Å²) >= 11 is 0. The predicted octanol–water partition coefficient (Wildman–Crippen LogP) is 6.20. The Kier molecular flexibility index (Phi) is 10.9. The lowest BCUT2D eigenvalue weighted by molar-refractivity contribution is -0.0608. The van der Waals surface area contributed by atoms with E-state index in [1.807, 2.05) is 45.1 Å². The molecular weight excluding hydrogens is 447 g/mol. The van der Waals surface area contributed by atoms with Crippen molar-refractivity contribution in [3.05, 3.63) is 70.8 Å². The van der Waals surface area contributed by atoms with Crippen LogP contribution >= 0.6 is 0 Å². The summed E-state index contributed by atoms with van der Waals surface area (Å²) in [5.41, 5.74) is 1.84. The quantitative estimate of drug-likeness (QED) is 0.149. The van der Waals surface area contributed by atoms with Gasteiger partial charge < -0.3 is 19.0 Å². The standard InChI is InChI=1S/C26H32F3NO4/c1-5-6-14-33-23-17-19(2)24(20(3)18-23)34-16-15-32-13-7-8-21-9-11-22(12-10-21)25(30-31-4)26(27,28)29/h5-6,9-12,17-18H,7-8,13-16H2,1-4H3/b6-5+,30-25-. The van der Waals surface area contributed by atoms with Gasteiger partial charge in [0, 0.05) is 12.2 Å². The summed E-state index contributed by atoms with van der Waals surface area (Å²) in [4.78, 5) is 4.32. The van der Waals surface area contributed by atoms with Gasteiger partial charge in [0.25, 0.3) is 0 Å². The summed E-state index contributed by atoms with van der Waals surface area (Å²) in [5.74, 6) is 1.64. The molecule has 5 nitrogen and oxygen atoms in total. The lowest BCUT2D eigenvalue weighted by atomic mass is 10.0. The number of rotatable bonds is 13.